The summed E-state index contributed by atoms with van der Waals surface area (Å²) in [6.07, 6.45) is 24.0. The molecule has 0 nitrogen and oxygen atoms in total. The lowest BCUT2D eigenvalue weighted by atomic mass is 9.99. The highest BCUT2D eigenvalue weighted by Crippen LogP contribution is 2.29. The van der Waals surface area contributed by atoms with Crippen LogP contribution in [-0.4, -0.2) is 0 Å². The zero-order valence-electron chi connectivity index (χ0n) is 10.9. The van der Waals surface area contributed by atoms with Crippen LogP contribution < -0.4 is 0 Å². The smallest absolute Gasteiger partial charge is 0.00610 e. The molecule has 0 heteroatoms. The van der Waals surface area contributed by atoms with Crippen LogP contribution >= 0.6 is 0 Å². The van der Waals surface area contributed by atoms with Crippen molar-refractivity contribution in [3.05, 3.63) is 97.2 Å². The molecule has 0 amide bonds. The largest absolute Gasteiger partial charge is 0.0991 e. The van der Waals surface area contributed by atoms with Gasteiger partial charge in [-0.2, -0.15) is 0 Å². The Labute approximate surface area is 110 Å². The van der Waals surface area contributed by atoms with E-state index in [0.717, 1.165) is 0 Å². The van der Waals surface area contributed by atoms with Crippen LogP contribution in [0.4, 0.5) is 0 Å². The molecule has 1 aliphatic carbocycles. The van der Waals surface area contributed by atoms with Crippen LogP contribution in [-0.2, 0) is 0 Å². The molecule has 0 saturated carbocycles. The maximum absolute atomic E-state index is 3.73. The summed E-state index contributed by atoms with van der Waals surface area (Å²) in [5.41, 5.74) is 2.64. The minimum atomic E-state index is 0.456. The van der Waals surface area contributed by atoms with Gasteiger partial charge in [0.2, 0.25) is 0 Å². The van der Waals surface area contributed by atoms with Gasteiger partial charge < -0.3 is 0 Å². The van der Waals surface area contributed by atoms with Crippen LogP contribution in [0.25, 0.3) is 0 Å². The molecular weight excluding hydrogens is 216 g/mol. The Morgan fingerprint density at radius 1 is 0.778 bits per heavy atom. The molecular formula is C18H20. The van der Waals surface area contributed by atoms with Crippen molar-refractivity contribution in [3.8, 4) is 0 Å². The van der Waals surface area contributed by atoms with Crippen LogP contribution in [0.5, 0.6) is 0 Å². The van der Waals surface area contributed by atoms with Gasteiger partial charge in [0.15, 0.2) is 0 Å². The van der Waals surface area contributed by atoms with Gasteiger partial charge in [0.1, 0.15) is 0 Å². The molecule has 92 valence electrons. The highest BCUT2D eigenvalue weighted by molar-refractivity contribution is 5.46. The lowest BCUT2D eigenvalue weighted by Crippen LogP contribution is -1.92. The third-order valence-corrected chi connectivity index (χ3v) is 2.76. The standard InChI is InChI=1S/C18H20/c1-4-6-7-8-9-10-11-13-18-15-14-17(12-5-2)16(18)3/h4-16H,1-2H2,3H3/b7-6-,9-8-,11-10-,17-12-,18-13-. The summed E-state index contributed by atoms with van der Waals surface area (Å²) in [5.74, 6) is 0.456. The molecule has 0 spiro atoms. The zero-order chi connectivity index (χ0) is 13.2. The van der Waals surface area contributed by atoms with Crippen molar-refractivity contribution in [3.63, 3.8) is 0 Å². The van der Waals surface area contributed by atoms with Crippen molar-refractivity contribution in [1.29, 1.82) is 0 Å². The van der Waals surface area contributed by atoms with Gasteiger partial charge in [-0.05, 0) is 11.1 Å². The SMILES string of the molecule is C=C\C=C/C=C\C=C/C=C1C=C/C(=C/C=C)C/1C. The first-order valence-electron chi connectivity index (χ1n) is 6.13. The van der Waals surface area contributed by atoms with Gasteiger partial charge in [-0.3, -0.25) is 0 Å². The van der Waals surface area contributed by atoms with Gasteiger partial charge >= 0.3 is 0 Å². The van der Waals surface area contributed by atoms with E-state index >= 15 is 0 Å². The molecule has 1 atom stereocenters. The summed E-state index contributed by atoms with van der Waals surface area (Å²) in [6.45, 7) is 9.54. The van der Waals surface area contributed by atoms with E-state index in [-0.39, 0.29) is 0 Å². The molecule has 0 aromatic carbocycles. The van der Waals surface area contributed by atoms with Crippen LogP contribution in [0.3, 0.4) is 0 Å². The fraction of sp³-hybridized carbons (Fsp3) is 0.111. The Morgan fingerprint density at radius 2 is 1.33 bits per heavy atom. The van der Waals surface area contributed by atoms with Crippen molar-refractivity contribution >= 4 is 0 Å². The highest BCUT2D eigenvalue weighted by Gasteiger charge is 2.14. The number of hydrogen-bond donors (Lipinski definition) is 0. The summed E-state index contributed by atoms with van der Waals surface area (Å²) in [4.78, 5) is 0. The summed E-state index contributed by atoms with van der Waals surface area (Å²) in [6, 6.07) is 0. The predicted molar refractivity (Wildman–Crippen MR) is 82.3 cm³/mol. The van der Waals surface area contributed by atoms with Crippen molar-refractivity contribution in [2.45, 2.75) is 6.92 Å². The summed E-state index contributed by atoms with van der Waals surface area (Å²) >= 11 is 0. The van der Waals surface area contributed by atoms with Crippen LogP contribution in [0.1, 0.15) is 6.92 Å². The molecule has 1 unspecified atom stereocenters. The topological polar surface area (TPSA) is 0 Å². The van der Waals surface area contributed by atoms with Gasteiger partial charge in [-0.1, -0.05) is 93.0 Å². The first-order chi connectivity index (χ1) is 8.79. The molecule has 0 fully saturated rings. The van der Waals surface area contributed by atoms with Crippen molar-refractivity contribution in [2.75, 3.05) is 0 Å². The van der Waals surface area contributed by atoms with Crippen molar-refractivity contribution < 1.29 is 0 Å². The van der Waals surface area contributed by atoms with Crippen LogP contribution in [0.15, 0.2) is 97.2 Å². The van der Waals surface area contributed by atoms with Crippen molar-refractivity contribution in [2.24, 2.45) is 5.92 Å². The average Bonchev–Trinajstić information content (AvgIpc) is 2.71. The lowest BCUT2D eigenvalue weighted by Gasteiger charge is -2.05. The molecule has 0 aromatic rings. The number of rotatable bonds is 5. The molecule has 0 aromatic heterocycles. The van der Waals surface area contributed by atoms with Crippen LogP contribution in [0.2, 0.25) is 0 Å². The zero-order valence-corrected chi connectivity index (χ0v) is 10.9. The summed E-state index contributed by atoms with van der Waals surface area (Å²) < 4.78 is 0. The van der Waals surface area contributed by atoms with Gasteiger partial charge in [0.25, 0.3) is 0 Å². The predicted octanol–water partition coefficient (Wildman–Crippen LogP) is 5.09. The molecule has 1 rings (SSSR count). The second kappa shape index (κ2) is 8.08. The molecule has 18 heavy (non-hydrogen) atoms. The summed E-state index contributed by atoms with van der Waals surface area (Å²) in [5, 5.41) is 0. The fourth-order valence-electron chi connectivity index (χ4n) is 1.71. The molecule has 1 aliphatic rings. The van der Waals surface area contributed by atoms with E-state index in [4.69, 9.17) is 0 Å². The maximum Gasteiger partial charge on any atom is 0.00610 e. The van der Waals surface area contributed by atoms with Gasteiger partial charge in [0.05, 0.1) is 0 Å². The minimum absolute atomic E-state index is 0.456. The third kappa shape index (κ3) is 4.42. The van der Waals surface area contributed by atoms with Gasteiger partial charge in [0, 0.05) is 5.92 Å². The fourth-order valence-corrected chi connectivity index (χ4v) is 1.71. The second-order valence-electron chi connectivity index (χ2n) is 4.01. The van der Waals surface area contributed by atoms with E-state index in [9.17, 15) is 0 Å². The Kier molecular flexibility index (Phi) is 6.27. The number of allylic oxidation sites excluding steroid dienone is 14. The monoisotopic (exact) mass is 236 g/mol. The van der Waals surface area contributed by atoms with E-state index in [0.29, 0.717) is 5.92 Å². The Bertz CT molecular complexity index is 462. The Hall–Kier alpha value is -2.08. The third-order valence-electron chi connectivity index (χ3n) is 2.76. The van der Waals surface area contributed by atoms with Gasteiger partial charge in [-0.25, -0.2) is 0 Å². The van der Waals surface area contributed by atoms with E-state index in [2.05, 4.69) is 50.5 Å². The number of hydrogen-bond acceptors (Lipinski definition) is 0. The normalized spacial score (nSPS) is 24.2. The average molecular weight is 236 g/mol. The van der Waals surface area contributed by atoms with Crippen molar-refractivity contribution in [1.82, 2.24) is 0 Å². The van der Waals surface area contributed by atoms with E-state index in [1.165, 1.54) is 11.1 Å². The molecule has 0 saturated heterocycles. The highest BCUT2D eigenvalue weighted by atomic mass is 14.2. The quantitative estimate of drug-likeness (QED) is 0.583. The Morgan fingerprint density at radius 3 is 1.94 bits per heavy atom. The molecule has 0 bridgehead atoms. The first kappa shape index (κ1) is 14.0. The second-order valence-corrected chi connectivity index (χ2v) is 4.01. The summed E-state index contributed by atoms with van der Waals surface area (Å²) in [7, 11) is 0. The van der Waals surface area contributed by atoms with E-state index < -0.39 is 0 Å². The molecule has 0 radical (unpaired) electrons. The first-order valence-corrected chi connectivity index (χ1v) is 6.13. The minimum Gasteiger partial charge on any atom is -0.0991 e. The molecule has 0 heterocycles. The lowest BCUT2D eigenvalue weighted by molar-refractivity contribution is 0.875. The van der Waals surface area contributed by atoms with Gasteiger partial charge in [-0.15, -0.1) is 0 Å². The Balaban J connectivity index is 2.57. The van der Waals surface area contributed by atoms with E-state index in [1.807, 2.05) is 36.5 Å². The van der Waals surface area contributed by atoms with Crippen LogP contribution in [0, 0.1) is 5.92 Å². The maximum atomic E-state index is 3.73. The molecule has 0 N–H and O–H groups in total. The molecule has 0 aliphatic heterocycles. The van der Waals surface area contributed by atoms with E-state index in [1.54, 1.807) is 6.08 Å².